The zero-order valence-corrected chi connectivity index (χ0v) is 28.7. The van der Waals surface area contributed by atoms with Crippen LogP contribution in [0.4, 0.5) is 0 Å². The third kappa shape index (κ3) is 4.31. The lowest BCUT2D eigenvalue weighted by atomic mass is 9.70. The average Bonchev–Trinajstić information content (AvgIpc) is 3.71. The predicted octanol–water partition coefficient (Wildman–Crippen LogP) is 12.0. The zero-order chi connectivity index (χ0) is 34.9. The quantitative estimate of drug-likeness (QED) is 0.187. The lowest BCUT2D eigenvalue weighted by Crippen LogP contribution is -2.25. The number of hydrogen-bond acceptors (Lipinski definition) is 3. The first kappa shape index (κ1) is 29.7. The van der Waals surface area contributed by atoms with Gasteiger partial charge in [-0.2, -0.15) is 0 Å². The van der Waals surface area contributed by atoms with Gasteiger partial charge in [-0.15, -0.1) is 0 Å². The van der Waals surface area contributed by atoms with E-state index >= 15 is 0 Å². The molecule has 0 N–H and O–H groups in total. The first-order chi connectivity index (χ1) is 26.3. The first-order valence-corrected chi connectivity index (χ1v) is 18.1. The highest BCUT2D eigenvalue weighted by Gasteiger charge is 2.52. The minimum Gasteiger partial charge on any atom is -0.208 e. The predicted molar refractivity (Wildman–Crippen MR) is 215 cm³/mol. The van der Waals surface area contributed by atoms with Crippen molar-refractivity contribution in [2.45, 2.75) is 5.41 Å². The van der Waals surface area contributed by atoms with E-state index < -0.39 is 5.41 Å². The van der Waals surface area contributed by atoms with Crippen molar-refractivity contribution in [1.29, 1.82) is 0 Å². The van der Waals surface area contributed by atoms with Gasteiger partial charge in [0.05, 0.1) is 5.41 Å². The van der Waals surface area contributed by atoms with E-state index in [2.05, 4.69) is 170 Å². The van der Waals surface area contributed by atoms with Crippen LogP contribution in [0.3, 0.4) is 0 Å². The number of rotatable bonds is 4. The van der Waals surface area contributed by atoms with E-state index in [9.17, 15) is 0 Å². The van der Waals surface area contributed by atoms with E-state index in [1.165, 1.54) is 55.5 Å². The molecule has 2 aliphatic carbocycles. The lowest BCUT2D eigenvalue weighted by Gasteiger charge is -2.30. The highest BCUT2D eigenvalue weighted by molar-refractivity contribution is 6.01. The molecule has 0 aliphatic heterocycles. The molecule has 0 bridgehead atoms. The third-order valence-electron chi connectivity index (χ3n) is 11.2. The van der Waals surface area contributed by atoms with E-state index in [-0.39, 0.29) is 0 Å². The summed E-state index contributed by atoms with van der Waals surface area (Å²) < 4.78 is 0. The Kier molecular flexibility index (Phi) is 6.47. The van der Waals surface area contributed by atoms with Gasteiger partial charge in [-0.25, -0.2) is 15.0 Å². The molecule has 0 amide bonds. The van der Waals surface area contributed by atoms with Gasteiger partial charge in [-0.3, -0.25) is 0 Å². The molecule has 0 fully saturated rings. The summed E-state index contributed by atoms with van der Waals surface area (Å²) >= 11 is 0. The maximum Gasteiger partial charge on any atom is 0.164 e. The Bertz CT molecular complexity index is 2860. The summed E-state index contributed by atoms with van der Waals surface area (Å²) in [6.07, 6.45) is 0. The Morgan fingerprint density at radius 3 is 1.49 bits per heavy atom. The van der Waals surface area contributed by atoms with Crippen LogP contribution in [-0.2, 0) is 5.41 Å². The largest absolute Gasteiger partial charge is 0.208 e. The zero-order valence-electron chi connectivity index (χ0n) is 28.7. The Morgan fingerprint density at radius 2 is 0.774 bits per heavy atom. The number of aromatic nitrogens is 3. The summed E-state index contributed by atoms with van der Waals surface area (Å²) in [6.45, 7) is 0. The molecule has 9 aromatic rings. The van der Waals surface area contributed by atoms with Gasteiger partial charge in [0.1, 0.15) is 0 Å². The van der Waals surface area contributed by atoms with Crippen molar-refractivity contribution in [3.8, 4) is 67.5 Å². The molecule has 0 unspecified atom stereocenters. The van der Waals surface area contributed by atoms with Crippen LogP contribution >= 0.6 is 0 Å². The van der Waals surface area contributed by atoms with Crippen LogP contribution in [-0.4, -0.2) is 15.0 Å². The van der Waals surface area contributed by atoms with Gasteiger partial charge in [-0.05, 0) is 72.5 Å². The summed E-state index contributed by atoms with van der Waals surface area (Å²) in [5.74, 6) is 1.94. The highest BCUT2D eigenvalue weighted by atomic mass is 15.0. The second-order valence-corrected chi connectivity index (χ2v) is 13.9. The molecule has 0 atom stereocenters. The second-order valence-electron chi connectivity index (χ2n) is 13.9. The standard InChI is InChI=1S/C50H31N3/c1-2-16-33(17-3-1)47-51-48(35-30-29-32-15-4-5-18-34(32)31-35)53-49(52-47)40-22-7-6-19-36(40)39-24-14-28-45-46(39)41-23-10-13-27-44(41)50(45)42-25-11-8-20-37(42)38-21-9-12-26-43(38)50/h1-31H. The monoisotopic (exact) mass is 673 g/mol. The Labute approximate surface area is 308 Å². The molecule has 0 radical (unpaired) electrons. The van der Waals surface area contributed by atoms with Crippen molar-refractivity contribution < 1.29 is 0 Å². The highest BCUT2D eigenvalue weighted by Crippen LogP contribution is 2.64. The van der Waals surface area contributed by atoms with Crippen molar-refractivity contribution >= 4 is 10.8 Å². The average molecular weight is 674 g/mol. The van der Waals surface area contributed by atoms with Gasteiger partial charge >= 0.3 is 0 Å². The molecule has 1 spiro atoms. The fourth-order valence-corrected chi connectivity index (χ4v) is 8.95. The molecule has 0 saturated heterocycles. The van der Waals surface area contributed by atoms with Crippen LogP contribution < -0.4 is 0 Å². The van der Waals surface area contributed by atoms with Gasteiger partial charge in [0.25, 0.3) is 0 Å². The Morgan fingerprint density at radius 1 is 0.283 bits per heavy atom. The molecule has 1 aromatic heterocycles. The SMILES string of the molecule is c1ccc(-c2nc(-c3ccc4ccccc4c3)nc(-c3ccccc3-c3cccc4c3-c3ccccc3C43c4ccccc4-c4ccccc43)n2)cc1. The van der Waals surface area contributed by atoms with Crippen LogP contribution in [0.1, 0.15) is 22.3 Å². The van der Waals surface area contributed by atoms with Crippen LogP contribution in [0.2, 0.25) is 0 Å². The summed E-state index contributed by atoms with van der Waals surface area (Å²) in [4.78, 5) is 15.5. The molecular weight excluding hydrogens is 643 g/mol. The summed E-state index contributed by atoms with van der Waals surface area (Å²) in [5, 5.41) is 2.33. The van der Waals surface area contributed by atoms with E-state index in [1.807, 2.05) is 18.2 Å². The van der Waals surface area contributed by atoms with Crippen LogP contribution in [0.25, 0.3) is 78.3 Å². The molecule has 8 aromatic carbocycles. The molecule has 3 nitrogen and oxygen atoms in total. The van der Waals surface area contributed by atoms with Crippen molar-refractivity contribution in [2.24, 2.45) is 0 Å². The smallest absolute Gasteiger partial charge is 0.164 e. The van der Waals surface area contributed by atoms with Crippen molar-refractivity contribution in [3.63, 3.8) is 0 Å². The minimum absolute atomic E-state index is 0.416. The fourth-order valence-electron chi connectivity index (χ4n) is 8.95. The van der Waals surface area contributed by atoms with Gasteiger partial charge < -0.3 is 0 Å². The Balaban J connectivity index is 1.16. The number of benzene rings is 8. The molecular formula is C50H31N3. The van der Waals surface area contributed by atoms with Crippen LogP contribution in [0, 0.1) is 0 Å². The van der Waals surface area contributed by atoms with E-state index in [0.29, 0.717) is 17.5 Å². The van der Waals surface area contributed by atoms with E-state index in [0.717, 1.165) is 27.6 Å². The molecule has 11 rings (SSSR count). The maximum atomic E-state index is 5.24. The molecule has 246 valence electrons. The number of hydrogen-bond donors (Lipinski definition) is 0. The van der Waals surface area contributed by atoms with E-state index in [4.69, 9.17) is 15.0 Å². The second kappa shape index (κ2) is 11.5. The summed E-state index contributed by atoms with van der Waals surface area (Å²) in [5.41, 5.74) is 15.1. The summed E-state index contributed by atoms with van der Waals surface area (Å²) in [7, 11) is 0. The lowest BCUT2D eigenvalue weighted by molar-refractivity contribution is 0.794. The molecule has 1 heterocycles. The van der Waals surface area contributed by atoms with Gasteiger partial charge in [0.15, 0.2) is 17.5 Å². The number of fused-ring (bicyclic) bond motifs is 11. The fraction of sp³-hybridized carbons (Fsp3) is 0.0200. The minimum atomic E-state index is -0.416. The van der Waals surface area contributed by atoms with Crippen molar-refractivity contribution in [1.82, 2.24) is 15.0 Å². The van der Waals surface area contributed by atoms with Gasteiger partial charge in [-0.1, -0.05) is 182 Å². The van der Waals surface area contributed by atoms with Crippen molar-refractivity contribution in [3.05, 3.63) is 210 Å². The Hall–Kier alpha value is -6.97. The molecule has 0 saturated carbocycles. The van der Waals surface area contributed by atoms with E-state index in [1.54, 1.807) is 0 Å². The van der Waals surface area contributed by atoms with Gasteiger partial charge in [0, 0.05) is 16.7 Å². The molecule has 2 aliphatic rings. The third-order valence-corrected chi connectivity index (χ3v) is 11.2. The normalized spacial score (nSPS) is 13.1. The maximum absolute atomic E-state index is 5.24. The van der Waals surface area contributed by atoms with Gasteiger partial charge in [0.2, 0.25) is 0 Å². The number of nitrogens with zero attached hydrogens (tertiary/aromatic N) is 3. The summed E-state index contributed by atoms with van der Waals surface area (Å²) in [6, 6.07) is 67.3. The van der Waals surface area contributed by atoms with Crippen LogP contribution in [0.5, 0.6) is 0 Å². The topological polar surface area (TPSA) is 38.7 Å². The van der Waals surface area contributed by atoms with Crippen LogP contribution in [0.15, 0.2) is 188 Å². The molecule has 53 heavy (non-hydrogen) atoms. The van der Waals surface area contributed by atoms with Crippen molar-refractivity contribution in [2.75, 3.05) is 0 Å². The molecule has 3 heteroatoms. The first-order valence-electron chi connectivity index (χ1n) is 18.1.